The molecule has 5 N–H and O–H groups in total. The summed E-state index contributed by atoms with van der Waals surface area (Å²) in [7, 11) is 0. The van der Waals surface area contributed by atoms with Crippen LogP contribution in [0, 0.1) is 0 Å². The molecule has 0 aliphatic carbocycles. The number of β-amino-alcohol motifs (C(OH)–C–C–N with tert-alkyl or cyclic N) is 1. The second-order valence-electron chi connectivity index (χ2n) is 4.91. The molecule has 1 atom stereocenters. The molecule has 6 nitrogen and oxygen atoms in total. The summed E-state index contributed by atoms with van der Waals surface area (Å²) in [6, 6.07) is 0. The topological polar surface area (TPSA) is 110 Å². The van der Waals surface area contributed by atoms with Crippen LogP contribution in [0.4, 0.5) is 10.7 Å². The van der Waals surface area contributed by atoms with Gasteiger partial charge in [-0.3, -0.25) is 9.59 Å². The Labute approximate surface area is 121 Å². The van der Waals surface area contributed by atoms with Crippen molar-refractivity contribution in [1.29, 1.82) is 0 Å². The Morgan fingerprint density at radius 3 is 2.75 bits per heavy atom. The van der Waals surface area contributed by atoms with E-state index in [9.17, 15) is 14.7 Å². The van der Waals surface area contributed by atoms with Gasteiger partial charge >= 0.3 is 0 Å². The van der Waals surface area contributed by atoms with Gasteiger partial charge in [0.2, 0.25) is 0 Å². The van der Waals surface area contributed by atoms with Crippen molar-refractivity contribution < 1.29 is 14.7 Å². The van der Waals surface area contributed by atoms with Crippen LogP contribution in [0.25, 0.3) is 0 Å². The van der Waals surface area contributed by atoms with E-state index >= 15 is 0 Å². The summed E-state index contributed by atoms with van der Waals surface area (Å²) in [6.07, 6.45) is 1.46. The second-order valence-corrected chi connectivity index (χ2v) is 5.91. The Morgan fingerprint density at radius 2 is 2.20 bits per heavy atom. The third-order valence-corrected chi connectivity index (χ3v) is 4.74. The number of nitrogens with two attached hydrogens (primary N) is 2. The van der Waals surface area contributed by atoms with Gasteiger partial charge in [0.1, 0.15) is 5.00 Å². The van der Waals surface area contributed by atoms with Crippen molar-refractivity contribution >= 4 is 33.7 Å². The fourth-order valence-corrected chi connectivity index (χ4v) is 3.67. The molecular weight excluding hydrogens is 278 g/mol. The number of primary amides is 1. The number of hydrogen-bond donors (Lipinski definition) is 3. The van der Waals surface area contributed by atoms with Crippen molar-refractivity contribution in [3.05, 3.63) is 10.4 Å². The van der Waals surface area contributed by atoms with Crippen LogP contribution in [0.1, 0.15) is 46.2 Å². The van der Waals surface area contributed by atoms with Gasteiger partial charge in [0.15, 0.2) is 5.78 Å². The molecule has 1 aliphatic rings. The van der Waals surface area contributed by atoms with Crippen molar-refractivity contribution in [2.45, 2.75) is 32.3 Å². The zero-order chi connectivity index (χ0) is 14.9. The molecule has 0 saturated carbocycles. The molecule has 1 unspecified atom stereocenters. The summed E-state index contributed by atoms with van der Waals surface area (Å²) >= 11 is 1.20. The summed E-state index contributed by atoms with van der Waals surface area (Å²) in [5, 5.41) is 10.4. The highest BCUT2D eigenvalue weighted by atomic mass is 32.1. The van der Waals surface area contributed by atoms with Crippen LogP contribution in [0.3, 0.4) is 0 Å². The predicted molar refractivity (Wildman–Crippen MR) is 79.3 cm³/mol. The second kappa shape index (κ2) is 5.80. The van der Waals surface area contributed by atoms with Gasteiger partial charge in [-0.1, -0.05) is 6.92 Å². The van der Waals surface area contributed by atoms with Gasteiger partial charge in [-0.2, -0.15) is 0 Å². The molecular formula is C13H19N3O3S. The van der Waals surface area contributed by atoms with E-state index in [1.165, 1.54) is 11.3 Å². The monoisotopic (exact) mass is 297 g/mol. The van der Waals surface area contributed by atoms with Gasteiger partial charge in [-0.05, 0) is 12.8 Å². The first kappa shape index (κ1) is 14.8. The molecule has 0 aromatic carbocycles. The Balaban J connectivity index is 2.45. The normalized spacial score (nSPS) is 19.1. The van der Waals surface area contributed by atoms with E-state index in [0.29, 0.717) is 22.8 Å². The molecule has 0 spiro atoms. The maximum Gasteiger partial charge on any atom is 0.253 e. The lowest BCUT2D eigenvalue weighted by molar-refractivity contribution is 0.0991. The fraction of sp³-hybridized carbons (Fsp3) is 0.538. The molecule has 1 aromatic heterocycles. The molecule has 1 fully saturated rings. The summed E-state index contributed by atoms with van der Waals surface area (Å²) in [4.78, 5) is 25.8. The highest BCUT2D eigenvalue weighted by Gasteiger charge is 2.28. The number of amides is 1. The van der Waals surface area contributed by atoms with Crippen LogP contribution >= 0.6 is 11.3 Å². The first-order chi connectivity index (χ1) is 9.45. The number of nitrogens with zero attached hydrogens (tertiary/aromatic N) is 1. The van der Waals surface area contributed by atoms with E-state index in [2.05, 4.69) is 0 Å². The minimum atomic E-state index is -0.635. The van der Waals surface area contributed by atoms with E-state index in [4.69, 9.17) is 11.5 Å². The molecule has 20 heavy (non-hydrogen) atoms. The van der Waals surface area contributed by atoms with Crippen molar-refractivity contribution in [2.75, 3.05) is 23.7 Å². The van der Waals surface area contributed by atoms with Crippen LogP contribution in [0.15, 0.2) is 0 Å². The summed E-state index contributed by atoms with van der Waals surface area (Å²) in [5.41, 5.74) is 11.7. The zero-order valence-electron chi connectivity index (χ0n) is 11.4. The Morgan fingerprint density at radius 1 is 1.50 bits per heavy atom. The SMILES string of the molecule is CCC(=O)c1sc(N2CCCC(O)C2)c(C(N)=O)c1N. The predicted octanol–water partition coefficient (Wildman–Crippen LogP) is 0.983. The van der Waals surface area contributed by atoms with E-state index in [0.717, 1.165) is 19.4 Å². The molecule has 0 bridgehead atoms. The maximum absolute atomic E-state index is 11.9. The molecule has 0 radical (unpaired) electrons. The number of rotatable bonds is 4. The first-order valence-electron chi connectivity index (χ1n) is 6.64. The van der Waals surface area contributed by atoms with Gasteiger partial charge < -0.3 is 21.5 Å². The first-order valence-corrected chi connectivity index (χ1v) is 7.45. The summed E-state index contributed by atoms with van der Waals surface area (Å²) in [5.74, 6) is -0.734. The van der Waals surface area contributed by atoms with E-state index in [1.807, 2.05) is 4.90 Å². The Hall–Kier alpha value is -1.60. The summed E-state index contributed by atoms with van der Waals surface area (Å²) in [6.45, 7) is 2.90. The average Bonchev–Trinajstić information content (AvgIpc) is 2.75. The highest BCUT2D eigenvalue weighted by Crippen LogP contribution is 2.39. The molecule has 110 valence electrons. The largest absolute Gasteiger partial charge is 0.397 e. The number of carbonyl (C=O) groups excluding carboxylic acids is 2. The molecule has 1 aliphatic heterocycles. The number of carbonyl (C=O) groups is 2. The number of nitrogen functional groups attached to an aromatic ring is 1. The zero-order valence-corrected chi connectivity index (χ0v) is 12.2. The van der Waals surface area contributed by atoms with Crippen molar-refractivity contribution in [2.24, 2.45) is 5.73 Å². The average molecular weight is 297 g/mol. The molecule has 1 saturated heterocycles. The van der Waals surface area contributed by atoms with Gasteiger partial charge in [-0.15, -0.1) is 11.3 Å². The third kappa shape index (κ3) is 2.64. The Bertz CT molecular complexity index is 541. The Kier molecular flexibility index (Phi) is 4.29. The number of hydrogen-bond acceptors (Lipinski definition) is 6. The molecule has 2 heterocycles. The fourth-order valence-electron chi connectivity index (χ4n) is 2.40. The van der Waals surface area contributed by atoms with E-state index < -0.39 is 12.0 Å². The standard InChI is InChI=1S/C13H19N3O3S/c1-2-8(18)11-10(14)9(12(15)19)13(20-11)16-5-3-4-7(17)6-16/h7,17H,2-6,14H2,1H3,(H2,15,19). The number of aliphatic hydroxyl groups is 1. The smallest absolute Gasteiger partial charge is 0.253 e. The van der Waals surface area contributed by atoms with Crippen LogP contribution in [0.5, 0.6) is 0 Å². The minimum absolute atomic E-state index is 0.0983. The number of aliphatic hydroxyl groups excluding tert-OH is 1. The molecule has 1 amide bonds. The van der Waals surface area contributed by atoms with E-state index in [1.54, 1.807) is 6.92 Å². The highest BCUT2D eigenvalue weighted by molar-refractivity contribution is 7.19. The number of thiophene rings is 1. The number of piperidine rings is 1. The van der Waals surface area contributed by atoms with Crippen LogP contribution in [-0.4, -0.2) is 36.0 Å². The quantitative estimate of drug-likeness (QED) is 0.718. The summed E-state index contributed by atoms with van der Waals surface area (Å²) < 4.78 is 0. The lowest BCUT2D eigenvalue weighted by atomic mass is 10.1. The molecule has 1 aromatic rings. The minimum Gasteiger partial charge on any atom is -0.397 e. The third-order valence-electron chi connectivity index (χ3n) is 3.43. The lowest BCUT2D eigenvalue weighted by Crippen LogP contribution is -2.38. The van der Waals surface area contributed by atoms with Gasteiger partial charge in [0.25, 0.3) is 5.91 Å². The van der Waals surface area contributed by atoms with Crippen molar-refractivity contribution in [1.82, 2.24) is 0 Å². The van der Waals surface area contributed by atoms with Crippen LogP contribution in [0.2, 0.25) is 0 Å². The maximum atomic E-state index is 11.9. The van der Waals surface area contributed by atoms with Gasteiger partial charge in [0, 0.05) is 19.5 Å². The van der Waals surface area contributed by atoms with Crippen LogP contribution < -0.4 is 16.4 Å². The number of Topliss-reactive ketones (excluding diaryl/α,β-unsaturated/α-hetero) is 1. The van der Waals surface area contributed by atoms with E-state index in [-0.39, 0.29) is 17.0 Å². The molecule has 7 heteroatoms. The number of ketones is 1. The lowest BCUT2D eigenvalue weighted by Gasteiger charge is -2.31. The van der Waals surface area contributed by atoms with Crippen molar-refractivity contribution in [3.8, 4) is 0 Å². The molecule has 2 rings (SSSR count). The van der Waals surface area contributed by atoms with Gasteiger partial charge in [-0.25, -0.2) is 0 Å². The van der Waals surface area contributed by atoms with Crippen molar-refractivity contribution in [3.63, 3.8) is 0 Å². The van der Waals surface area contributed by atoms with Gasteiger partial charge in [0.05, 0.1) is 22.2 Å². The van der Waals surface area contributed by atoms with Crippen LogP contribution in [-0.2, 0) is 0 Å². The number of anilines is 2.